The van der Waals surface area contributed by atoms with Crippen LogP contribution in [-0.2, 0) is 11.2 Å². The van der Waals surface area contributed by atoms with Gasteiger partial charge >= 0.3 is 0 Å². The third-order valence-electron chi connectivity index (χ3n) is 3.24. The third-order valence-corrected chi connectivity index (χ3v) is 3.98. The van der Waals surface area contributed by atoms with Gasteiger partial charge < -0.3 is 10.6 Å². The van der Waals surface area contributed by atoms with Gasteiger partial charge in [0.15, 0.2) is 0 Å². The predicted octanol–water partition coefficient (Wildman–Crippen LogP) is 3.22. The van der Waals surface area contributed by atoms with Gasteiger partial charge in [0.1, 0.15) is 5.82 Å². The van der Waals surface area contributed by atoms with Crippen molar-refractivity contribution in [2.45, 2.75) is 6.42 Å². The molecule has 2 amide bonds. The average molecular weight is 369 g/mol. The third kappa shape index (κ3) is 5.51. The number of hydrogen-bond donors (Lipinski definition) is 2. The van der Waals surface area contributed by atoms with Gasteiger partial charge in [0.25, 0.3) is 5.91 Å². The van der Waals surface area contributed by atoms with Gasteiger partial charge in [-0.05, 0) is 42.3 Å². The van der Waals surface area contributed by atoms with Crippen LogP contribution in [0.3, 0.4) is 0 Å². The van der Waals surface area contributed by atoms with Crippen LogP contribution in [0.25, 0.3) is 0 Å². The molecule has 0 aliphatic heterocycles. The second kappa shape index (κ2) is 8.66. The highest BCUT2D eigenvalue weighted by molar-refractivity contribution is 6.42. The van der Waals surface area contributed by atoms with Crippen LogP contribution < -0.4 is 10.6 Å². The molecule has 0 aliphatic rings. The monoisotopic (exact) mass is 368 g/mol. The number of nitrogens with one attached hydrogen (secondary N) is 2. The molecule has 2 aromatic rings. The van der Waals surface area contributed by atoms with Crippen molar-refractivity contribution in [3.8, 4) is 0 Å². The van der Waals surface area contributed by atoms with Gasteiger partial charge in [-0.2, -0.15) is 0 Å². The predicted molar refractivity (Wildman–Crippen MR) is 91.9 cm³/mol. The maximum absolute atomic E-state index is 12.8. The van der Waals surface area contributed by atoms with Crippen molar-refractivity contribution >= 4 is 35.0 Å². The van der Waals surface area contributed by atoms with Crippen molar-refractivity contribution in [1.29, 1.82) is 0 Å². The van der Waals surface area contributed by atoms with E-state index in [1.54, 1.807) is 12.1 Å². The van der Waals surface area contributed by atoms with Crippen LogP contribution in [0.2, 0.25) is 10.0 Å². The van der Waals surface area contributed by atoms with Crippen LogP contribution in [0.4, 0.5) is 4.39 Å². The van der Waals surface area contributed by atoms with Crippen LogP contribution >= 0.6 is 23.2 Å². The molecule has 2 N–H and O–H groups in total. The fraction of sp³-hybridized carbons (Fsp3) is 0.176. The molecule has 0 aromatic heterocycles. The molecular weight excluding hydrogens is 354 g/mol. The first-order chi connectivity index (χ1) is 11.5. The van der Waals surface area contributed by atoms with Crippen molar-refractivity contribution < 1.29 is 14.0 Å². The summed E-state index contributed by atoms with van der Waals surface area (Å²) in [5.41, 5.74) is 1.24. The Morgan fingerprint density at radius 2 is 1.67 bits per heavy atom. The number of carbonyl (C=O) groups excluding carboxylic acids is 2. The normalized spacial score (nSPS) is 10.3. The standard InChI is InChI=1S/C17H15Cl2FN2O2/c18-14-6-3-12(9-15(14)19)17(24)22-10-16(23)21-8-7-11-1-4-13(20)5-2-11/h1-6,9H,7-8,10H2,(H,21,23)(H,22,24). The van der Waals surface area contributed by atoms with E-state index in [0.29, 0.717) is 23.6 Å². The van der Waals surface area contributed by atoms with Crippen LogP contribution in [0, 0.1) is 5.82 Å². The summed E-state index contributed by atoms with van der Waals surface area (Å²) in [6, 6.07) is 10.5. The SMILES string of the molecule is O=C(CNC(=O)c1ccc(Cl)c(Cl)c1)NCCc1ccc(F)cc1. The van der Waals surface area contributed by atoms with E-state index in [-0.39, 0.29) is 23.3 Å². The van der Waals surface area contributed by atoms with Gasteiger partial charge in [0.2, 0.25) is 5.91 Å². The molecule has 0 spiro atoms. The number of carbonyl (C=O) groups is 2. The molecular formula is C17H15Cl2FN2O2. The number of halogens is 3. The maximum Gasteiger partial charge on any atom is 0.251 e. The average Bonchev–Trinajstić information content (AvgIpc) is 2.57. The maximum atomic E-state index is 12.8. The highest BCUT2D eigenvalue weighted by atomic mass is 35.5. The van der Waals surface area contributed by atoms with E-state index in [9.17, 15) is 14.0 Å². The van der Waals surface area contributed by atoms with E-state index < -0.39 is 5.91 Å². The quantitative estimate of drug-likeness (QED) is 0.822. The summed E-state index contributed by atoms with van der Waals surface area (Å²) in [5, 5.41) is 5.80. The van der Waals surface area contributed by atoms with Crippen LogP contribution in [0.1, 0.15) is 15.9 Å². The molecule has 24 heavy (non-hydrogen) atoms. The number of benzene rings is 2. The van der Waals surface area contributed by atoms with Crippen LogP contribution in [-0.4, -0.2) is 24.9 Å². The molecule has 0 bridgehead atoms. The first kappa shape index (κ1) is 18.2. The molecule has 0 atom stereocenters. The molecule has 0 heterocycles. The molecule has 7 heteroatoms. The zero-order chi connectivity index (χ0) is 17.5. The van der Waals surface area contributed by atoms with E-state index in [2.05, 4.69) is 10.6 Å². The minimum atomic E-state index is -0.415. The fourth-order valence-corrected chi connectivity index (χ4v) is 2.26. The molecule has 0 saturated carbocycles. The Labute approximate surface area is 149 Å². The van der Waals surface area contributed by atoms with E-state index in [1.165, 1.54) is 30.3 Å². The van der Waals surface area contributed by atoms with Gasteiger partial charge in [-0.3, -0.25) is 9.59 Å². The first-order valence-electron chi connectivity index (χ1n) is 7.20. The Morgan fingerprint density at radius 1 is 0.958 bits per heavy atom. The molecule has 4 nitrogen and oxygen atoms in total. The Morgan fingerprint density at radius 3 is 2.33 bits per heavy atom. The van der Waals surface area contributed by atoms with Crippen molar-refractivity contribution in [3.63, 3.8) is 0 Å². The Balaban J connectivity index is 1.73. The summed E-state index contributed by atoms with van der Waals surface area (Å²) in [6.07, 6.45) is 0.576. The molecule has 126 valence electrons. The van der Waals surface area contributed by atoms with E-state index >= 15 is 0 Å². The summed E-state index contributed by atoms with van der Waals surface area (Å²) in [4.78, 5) is 23.6. The van der Waals surface area contributed by atoms with E-state index in [4.69, 9.17) is 23.2 Å². The summed E-state index contributed by atoms with van der Waals surface area (Å²) >= 11 is 11.6. The minimum Gasteiger partial charge on any atom is -0.354 e. The summed E-state index contributed by atoms with van der Waals surface area (Å²) in [6.45, 7) is 0.246. The fourth-order valence-electron chi connectivity index (χ4n) is 1.96. The van der Waals surface area contributed by atoms with Crippen LogP contribution in [0.15, 0.2) is 42.5 Å². The van der Waals surface area contributed by atoms with Gasteiger partial charge in [0.05, 0.1) is 16.6 Å². The summed E-state index contributed by atoms with van der Waals surface area (Å²) < 4.78 is 12.8. The molecule has 2 rings (SSSR count). The van der Waals surface area contributed by atoms with Gasteiger partial charge in [-0.15, -0.1) is 0 Å². The lowest BCUT2D eigenvalue weighted by atomic mass is 10.1. The van der Waals surface area contributed by atoms with Crippen molar-refractivity contribution in [2.75, 3.05) is 13.1 Å². The lowest BCUT2D eigenvalue weighted by Crippen LogP contribution is -2.37. The smallest absolute Gasteiger partial charge is 0.251 e. The Hall–Kier alpha value is -2.11. The van der Waals surface area contributed by atoms with Crippen LogP contribution in [0.5, 0.6) is 0 Å². The first-order valence-corrected chi connectivity index (χ1v) is 7.95. The largest absolute Gasteiger partial charge is 0.354 e. The molecule has 0 fully saturated rings. The lowest BCUT2D eigenvalue weighted by Gasteiger charge is -2.08. The summed E-state index contributed by atoms with van der Waals surface area (Å²) in [5.74, 6) is -1.03. The molecule has 0 unspecified atom stereocenters. The molecule has 0 aliphatic carbocycles. The Kier molecular flexibility index (Phi) is 6.58. The number of amides is 2. The zero-order valence-corrected chi connectivity index (χ0v) is 14.1. The van der Waals surface area contributed by atoms with Gasteiger partial charge in [-0.25, -0.2) is 4.39 Å². The molecule has 0 saturated heterocycles. The second-order valence-electron chi connectivity index (χ2n) is 5.04. The lowest BCUT2D eigenvalue weighted by molar-refractivity contribution is -0.120. The van der Waals surface area contributed by atoms with Gasteiger partial charge in [-0.1, -0.05) is 35.3 Å². The van der Waals surface area contributed by atoms with Crippen molar-refractivity contribution in [3.05, 3.63) is 69.5 Å². The topological polar surface area (TPSA) is 58.2 Å². The Bertz CT molecular complexity index is 736. The highest BCUT2D eigenvalue weighted by Crippen LogP contribution is 2.22. The number of hydrogen-bond acceptors (Lipinski definition) is 2. The molecule has 0 radical (unpaired) electrons. The minimum absolute atomic E-state index is 0.150. The summed E-state index contributed by atoms with van der Waals surface area (Å²) in [7, 11) is 0. The van der Waals surface area contributed by atoms with E-state index in [0.717, 1.165) is 5.56 Å². The second-order valence-corrected chi connectivity index (χ2v) is 5.85. The van der Waals surface area contributed by atoms with Gasteiger partial charge in [0, 0.05) is 12.1 Å². The van der Waals surface area contributed by atoms with Crippen molar-refractivity contribution in [2.24, 2.45) is 0 Å². The highest BCUT2D eigenvalue weighted by Gasteiger charge is 2.09. The van der Waals surface area contributed by atoms with E-state index in [1.807, 2.05) is 0 Å². The zero-order valence-electron chi connectivity index (χ0n) is 12.6. The van der Waals surface area contributed by atoms with Crippen molar-refractivity contribution in [1.82, 2.24) is 10.6 Å². The molecule has 2 aromatic carbocycles. The number of rotatable bonds is 6.